The van der Waals surface area contributed by atoms with Crippen LogP contribution < -0.4 is 4.90 Å². The first-order valence-corrected chi connectivity index (χ1v) is 9.26. The van der Waals surface area contributed by atoms with Gasteiger partial charge in [0.1, 0.15) is 5.76 Å². The first-order valence-electron chi connectivity index (χ1n) is 9.26. The van der Waals surface area contributed by atoms with Crippen molar-refractivity contribution >= 4 is 5.95 Å². The van der Waals surface area contributed by atoms with Crippen LogP contribution in [0.5, 0.6) is 0 Å². The van der Waals surface area contributed by atoms with Crippen molar-refractivity contribution in [2.24, 2.45) is 0 Å². The highest BCUT2D eigenvalue weighted by atomic mass is 16.5. The predicted octanol–water partition coefficient (Wildman–Crippen LogP) is 4.03. The van der Waals surface area contributed by atoms with Crippen LogP contribution in [0.1, 0.15) is 25.3 Å². The molecule has 2 unspecified atom stereocenters. The number of rotatable bonds is 3. The van der Waals surface area contributed by atoms with E-state index in [-0.39, 0.29) is 12.2 Å². The fraction of sp³-hybridized carbons (Fsp3) is 0.381. The molecular weight excluding hydrogens is 340 g/mol. The zero-order valence-corrected chi connectivity index (χ0v) is 16.1. The molecule has 1 aliphatic heterocycles. The number of hydrogen-bond donors (Lipinski definition) is 0. The summed E-state index contributed by atoms with van der Waals surface area (Å²) in [4.78, 5) is 16.1. The Balaban J connectivity index is 1.82. The van der Waals surface area contributed by atoms with Crippen molar-refractivity contribution < 1.29 is 9.15 Å². The van der Waals surface area contributed by atoms with Gasteiger partial charge in [-0.25, -0.2) is 9.97 Å². The Morgan fingerprint density at radius 1 is 1.04 bits per heavy atom. The average Bonchev–Trinajstić information content (AvgIpc) is 3.06. The van der Waals surface area contributed by atoms with Gasteiger partial charge in [-0.2, -0.15) is 0 Å². The number of anilines is 1. The second-order valence-corrected chi connectivity index (χ2v) is 7.17. The highest BCUT2D eigenvalue weighted by Crippen LogP contribution is 2.34. The third-order valence-electron chi connectivity index (χ3n) is 4.80. The van der Waals surface area contributed by atoms with Crippen molar-refractivity contribution in [3.8, 4) is 22.4 Å². The van der Waals surface area contributed by atoms with Crippen LogP contribution in [0, 0.1) is 13.8 Å². The van der Waals surface area contributed by atoms with Gasteiger partial charge in [0, 0.05) is 42.3 Å². The zero-order valence-electron chi connectivity index (χ0n) is 16.1. The van der Waals surface area contributed by atoms with Crippen LogP contribution in [-0.4, -0.2) is 40.2 Å². The van der Waals surface area contributed by atoms with E-state index in [2.05, 4.69) is 34.8 Å². The molecule has 2 atom stereocenters. The Bertz CT molecular complexity index is 943. The van der Waals surface area contributed by atoms with Gasteiger partial charge in [0.25, 0.3) is 0 Å². The Morgan fingerprint density at radius 2 is 1.81 bits per heavy atom. The number of hydrogen-bond acceptors (Lipinski definition) is 6. The van der Waals surface area contributed by atoms with Gasteiger partial charge in [0.05, 0.1) is 24.2 Å². The molecular formula is C21H24N4O2. The number of aromatic nitrogens is 3. The maximum Gasteiger partial charge on any atom is 0.226 e. The standard InChI is InChI=1S/C21H24N4O2/c1-13-9-17(5-7-22-13)19-10-23-21(25-11-14(2)27-15(3)12-25)24-20(19)18-6-8-26-16(18)4/h5-10,14-15H,11-12H2,1-4H3. The van der Waals surface area contributed by atoms with E-state index in [0.717, 1.165) is 52.9 Å². The van der Waals surface area contributed by atoms with Crippen LogP contribution in [0.4, 0.5) is 5.95 Å². The highest BCUT2D eigenvalue weighted by Gasteiger charge is 2.25. The van der Waals surface area contributed by atoms with E-state index >= 15 is 0 Å². The number of ether oxygens (including phenoxy) is 1. The molecule has 0 bridgehead atoms. The minimum atomic E-state index is 0.152. The molecule has 0 aliphatic carbocycles. The molecule has 4 rings (SSSR count). The van der Waals surface area contributed by atoms with Gasteiger partial charge >= 0.3 is 0 Å². The summed E-state index contributed by atoms with van der Waals surface area (Å²) < 4.78 is 11.4. The van der Waals surface area contributed by atoms with Crippen LogP contribution in [0.2, 0.25) is 0 Å². The fourth-order valence-corrected chi connectivity index (χ4v) is 3.63. The maximum absolute atomic E-state index is 5.85. The summed E-state index contributed by atoms with van der Waals surface area (Å²) in [6, 6.07) is 6.00. The Labute approximate surface area is 159 Å². The lowest BCUT2D eigenvalue weighted by Gasteiger charge is -2.35. The van der Waals surface area contributed by atoms with E-state index in [1.807, 2.05) is 38.4 Å². The number of nitrogens with zero attached hydrogens (tertiary/aromatic N) is 4. The van der Waals surface area contributed by atoms with Crippen molar-refractivity contribution in [3.63, 3.8) is 0 Å². The summed E-state index contributed by atoms with van der Waals surface area (Å²) in [5.74, 6) is 1.57. The molecule has 6 nitrogen and oxygen atoms in total. The fourth-order valence-electron chi connectivity index (χ4n) is 3.63. The third kappa shape index (κ3) is 3.57. The van der Waals surface area contributed by atoms with Crippen LogP contribution in [-0.2, 0) is 4.74 Å². The summed E-state index contributed by atoms with van der Waals surface area (Å²) in [6.07, 6.45) is 5.73. The Hall–Kier alpha value is -2.73. The lowest BCUT2D eigenvalue weighted by Crippen LogP contribution is -2.46. The van der Waals surface area contributed by atoms with Crippen molar-refractivity contribution in [1.82, 2.24) is 15.0 Å². The van der Waals surface area contributed by atoms with E-state index in [0.29, 0.717) is 0 Å². The van der Waals surface area contributed by atoms with E-state index in [4.69, 9.17) is 14.1 Å². The lowest BCUT2D eigenvalue weighted by molar-refractivity contribution is -0.00571. The van der Waals surface area contributed by atoms with Gasteiger partial charge in [-0.15, -0.1) is 0 Å². The molecule has 0 amide bonds. The molecule has 27 heavy (non-hydrogen) atoms. The SMILES string of the molecule is Cc1cc(-c2cnc(N3CC(C)OC(C)C3)nc2-c2ccoc2C)ccn1. The topological polar surface area (TPSA) is 64.3 Å². The second kappa shape index (κ2) is 7.12. The normalized spacial score (nSPS) is 20.1. The predicted molar refractivity (Wildman–Crippen MR) is 105 cm³/mol. The summed E-state index contributed by atoms with van der Waals surface area (Å²) in [5, 5.41) is 0. The summed E-state index contributed by atoms with van der Waals surface area (Å²) in [5.41, 5.74) is 4.85. The molecule has 0 aromatic carbocycles. The summed E-state index contributed by atoms with van der Waals surface area (Å²) >= 11 is 0. The van der Waals surface area contributed by atoms with Gasteiger partial charge in [0.15, 0.2) is 0 Å². The van der Waals surface area contributed by atoms with Crippen molar-refractivity contribution in [2.45, 2.75) is 39.9 Å². The quantitative estimate of drug-likeness (QED) is 0.699. The maximum atomic E-state index is 5.85. The van der Waals surface area contributed by atoms with E-state index in [1.54, 1.807) is 6.26 Å². The Morgan fingerprint density at radius 3 is 2.48 bits per heavy atom. The smallest absolute Gasteiger partial charge is 0.226 e. The van der Waals surface area contributed by atoms with Gasteiger partial charge in [-0.1, -0.05) is 0 Å². The monoisotopic (exact) mass is 364 g/mol. The first kappa shape index (κ1) is 17.7. The molecule has 3 aromatic heterocycles. The highest BCUT2D eigenvalue weighted by molar-refractivity contribution is 5.81. The minimum absolute atomic E-state index is 0.152. The molecule has 140 valence electrons. The van der Waals surface area contributed by atoms with Gasteiger partial charge in [-0.3, -0.25) is 4.98 Å². The van der Waals surface area contributed by atoms with E-state index in [1.165, 1.54) is 0 Å². The molecule has 0 radical (unpaired) electrons. The Kier molecular flexibility index (Phi) is 4.66. The molecule has 3 aromatic rings. The lowest BCUT2D eigenvalue weighted by atomic mass is 10.0. The third-order valence-corrected chi connectivity index (χ3v) is 4.80. The first-order chi connectivity index (χ1) is 13.0. The van der Waals surface area contributed by atoms with Crippen LogP contribution >= 0.6 is 0 Å². The molecule has 1 saturated heterocycles. The molecule has 0 saturated carbocycles. The van der Waals surface area contributed by atoms with Crippen LogP contribution in [0.3, 0.4) is 0 Å². The second-order valence-electron chi connectivity index (χ2n) is 7.17. The molecule has 0 spiro atoms. The van der Waals surface area contributed by atoms with E-state index < -0.39 is 0 Å². The number of furan rings is 1. The number of aryl methyl sites for hydroxylation is 2. The molecule has 6 heteroatoms. The summed E-state index contributed by atoms with van der Waals surface area (Å²) in [6.45, 7) is 9.66. The minimum Gasteiger partial charge on any atom is -0.469 e. The van der Waals surface area contributed by atoms with Gasteiger partial charge in [-0.05, 0) is 51.5 Å². The molecule has 1 aliphatic rings. The number of pyridine rings is 1. The van der Waals surface area contributed by atoms with E-state index in [9.17, 15) is 0 Å². The van der Waals surface area contributed by atoms with Gasteiger partial charge in [0.2, 0.25) is 5.95 Å². The average molecular weight is 364 g/mol. The van der Waals surface area contributed by atoms with Gasteiger partial charge < -0.3 is 14.1 Å². The van der Waals surface area contributed by atoms with Crippen molar-refractivity contribution in [1.29, 1.82) is 0 Å². The largest absolute Gasteiger partial charge is 0.469 e. The molecule has 1 fully saturated rings. The molecule has 4 heterocycles. The van der Waals surface area contributed by atoms with Crippen LogP contribution in [0.25, 0.3) is 22.4 Å². The zero-order chi connectivity index (χ0) is 19.0. The summed E-state index contributed by atoms with van der Waals surface area (Å²) in [7, 11) is 0. The van der Waals surface area contributed by atoms with Crippen molar-refractivity contribution in [3.05, 3.63) is 48.3 Å². The molecule has 0 N–H and O–H groups in total. The van der Waals surface area contributed by atoms with Crippen LogP contribution in [0.15, 0.2) is 41.3 Å². The number of morpholine rings is 1. The van der Waals surface area contributed by atoms with Crippen molar-refractivity contribution in [2.75, 3.05) is 18.0 Å².